The molecule has 2 heterocycles. The Hall–Kier alpha value is -0.850. The van der Waals surface area contributed by atoms with Gasteiger partial charge < -0.3 is 9.64 Å². The highest BCUT2D eigenvalue weighted by molar-refractivity contribution is 7.99. The van der Waals surface area contributed by atoms with E-state index < -0.39 is 0 Å². The van der Waals surface area contributed by atoms with Crippen molar-refractivity contribution in [2.24, 2.45) is 0 Å². The molecule has 0 spiro atoms. The van der Waals surface area contributed by atoms with Crippen LogP contribution in [0.2, 0.25) is 0 Å². The van der Waals surface area contributed by atoms with Crippen LogP contribution in [0.3, 0.4) is 0 Å². The van der Waals surface area contributed by atoms with E-state index in [-0.39, 0.29) is 0 Å². The summed E-state index contributed by atoms with van der Waals surface area (Å²) >= 11 is 3.91. The first-order valence-electron chi connectivity index (χ1n) is 10.3. The lowest BCUT2D eigenvalue weighted by molar-refractivity contribution is 0.108. The second kappa shape index (κ2) is 8.66. The SMILES string of the molecule is CCSCCC1CCc2sc3ncnc(OC4CCC(N(C)C)CC4)c3c21. The van der Waals surface area contributed by atoms with Crippen LogP contribution in [0.25, 0.3) is 10.2 Å². The molecule has 0 aromatic carbocycles. The molecule has 2 aliphatic rings. The fourth-order valence-electron chi connectivity index (χ4n) is 4.63. The van der Waals surface area contributed by atoms with Gasteiger partial charge >= 0.3 is 0 Å². The lowest BCUT2D eigenvalue weighted by Crippen LogP contribution is -2.35. The normalized spacial score (nSPS) is 25.3. The molecule has 6 heteroatoms. The van der Waals surface area contributed by atoms with Crippen LogP contribution in [0.5, 0.6) is 5.88 Å². The Kier molecular flexibility index (Phi) is 6.25. The minimum Gasteiger partial charge on any atom is -0.474 e. The van der Waals surface area contributed by atoms with Gasteiger partial charge in [0, 0.05) is 10.9 Å². The second-order valence-electron chi connectivity index (χ2n) is 8.03. The largest absolute Gasteiger partial charge is 0.474 e. The van der Waals surface area contributed by atoms with Gasteiger partial charge in [-0.3, -0.25) is 0 Å². The van der Waals surface area contributed by atoms with E-state index in [1.165, 1.54) is 59.4 Å². The summed E-state index contributed by atoms with van der Waals surface area (Å²) in [6.45, 7) is 2.25. The van der Waals surface area contributed by atoms with Crippen molar-refractivity contribution >= 4 is 33.3 Å². The molecular formula is C21H31N3OS2. The third-order valence-corrected chi connectivity index (χ3v) is 8.27. The van der Waals surface area contributed by atoms with Gasteiger partial charge in [0.15, 0.2) is 0 Å². The first kappa shape index (κ1) is 19.5. The molecule has 148 valence electrons. The standard InChI is InChI=1S/C21H31N3OS2/c1-4-26-12-11-14-5-10-17-18(14)19-20(22-13-23-21(19)27-17)25-16-8-6-15(7-9-16)24(2)3/h13-16H,4-12H2,1-3H3. The van der Waals surface area contributed by atoms with Crippen molar-refractivity contribution in [3.63, 3.8) is 0 Å². The lowest BCUT2D eigenvalue weighted by atomic mass is 9.92. The van der Waals surface area contributed by atoms with E-state index in [1.807, 2.05) is 23.1 Å². The van der Waals surface area contributed by atoms with Crippen molar-refractivity contribution in [1.29, 1.82) is 0 Å². The van der Waals surface area contributed by atoms with Crippen molar-refractivity contribution in [3.8, 4) is 5.88 Å². The molecule has 2 aromatic rings. The summed E-state index contributed by atoms with van der Waals surface area (Å²) in [4.78, 5) is 14.2. The van der Waals surface area contributed by atoms with Crippen LogP contribution in [0.4, 0.5) is 0 Å². The number of nitrogens with zero attached hydrogens (tertiary/aromatic N) is 3. The van der Waals surface area contributed by atoms with Gasteiger partial charge in [-0.25, -0.2) is 9.97 Å². The maximum absolute atomic E-state index is 6.49. The maximum atomic E-state index is 6.49. The molecule has 4 rings (SSSR count). The maximum Gasteiger partial charge on any atom is 0.225 e. The molecule has 0 radical (unpaired) electrons. The third kappa shape index (κ3) is 4.13. The number of fused-ring (bicyclic) bond motifs is 3. The minimum atomic E-state index is 0.297. The molecule has 0 bridgehead atoms. The van der Waals surface area contributed by atoms with Gasteiger partial charge in [0.1, 0.15) is 17.3 Å². The Labute approximate surface area is 171 Å². The van der Waals surface area contributed by atoms with Gasteiger partial charge in [-0.1, -0.05) is 6.92 Å². The zero-order valence-corrected chi connectivity index (χ0v) is 18.4. The van der Waals surface area contributed by atoms with Crippen molar-refractivity contribution in [2.45, 2.75) is 69.9 Å². The van der Waals surface area contributed by atoms with Gasteiger partial charge in [-0.05, 0) is 82.0 Å². The fourth-order valence-corrected chi connectivity index (χ4v) is 6.60. The van der Waals surface area contributed by atoms with Gasteiger partial charge in [0.25, 0.3) is 0 Å². The highest BCUT2D eigenvalue weighted by Crippen LogP contribution is 2.47. The van der Waals surface area contributed by atoms with Crippen LogP contribution in [-0.4, -0.2) is 52.6 Å². The van der Waals surface area contributed by atoms with Crippen LogP contribution in [-0.2, 0) is 6.42 Å². The Morgan fingerprint density at radius 3 is 2.74 bits per heavy atom. The summed E-state index contributed by atoms with van der Waals surface area (Å²) in [5, 5.41) is 1.23. The zero-order valence-electron chi connectivity index (χ0n) is 16.7. The van der Waals surface area contributed by atoms with Gasteiger partial charge in [-0.15, -0.1) is 11.3 Å². The molecule has 1 atom stereocenters. The number of thiophene rings is 1. The van der Waals surface area contributed by atoms with Crippen LogP contribution in [0, 0.1) is 0 Å². The van der Waals surface area contributed by atoms with Crippen molar-refractivity contribution in [3.05, 3.63) is 16.8 Å². The van der Waals surface area contributed by atoms with E-state index in [2.05, 4.69) is 35.9 Å². The highest BCUT2D eigenvalue weighted by atomic mass is 32.2. The molecular weight excluding hydrogens is 374 g/mol. The fraction of sp³-hybridized carbons (Fsp3) is 0.714. The van der Waals surface area contributed by atoms with Crippen LogP contribution in [0.1, 0.15) is 61.8 Å². The summed E-state index contributed by atoms with van der Waals surface area (Å²) in [5.41, 5.74) is 1.52. The first-order chi connectivity index (χ1) is 13.2. The molecule has 2 aliphatic carbocycles. The number of thioether (sulfide) groups is 1. The second-order valence-corrected chi connectivity index (χ2v) is 10.5. The van der Waals surface area contributed by atoms with Crippen molar-refractivity contribution < 1.29 is 4.74 Å². The van der Waals surface area contributed by atoms with Crippen molar-refractivity contribution in [1.82, 2.24) is 14.9 Å². The Bertz CT molecular complexity index is 768. The predicted octanol–water partition coefficient (Wildman–Crippen LogP) is 5.12. The average molecular weight is 406 g/mol. The number of hydrogen-bond acceptors (Lipinski definition) is 6. The number of hydrogen-bond donors (Lipinski definition) is 0. The van der Waals surface area contributed by atoms with Gasteiger partial charge in [0.2, 0.25) is 5.88 Å². The van der Waals surface area contributed by atoms with Crippen LogP contribution >= 0.6 is 23.1 Å². The van der Waals surface area contributed by atoms with Crippen LogP contribution < -0.4 is 4.74 Å². The Morgan fingerprint density at radius 2 is 2.00 bits per heavy atom. The smallest absolute Gasteiger partial charge is 0.225 e. The van der Waals surface area contributed by atoms with Gasteiger partial charge in [-0.2, -0.15) is 11.8 Å². The van der Waals surface area contributed by atoms with E-state index in [1.54, 1.807) is 6.33 Å². The van der Waals surface area contributed by atoms with E-state index in [0.29, 0.717) is 18.1 Å². The quantitative estimate of drug-likeness (QED) is 0.598. The molecule has 1 saturated carbocycles. The Balaban J connectivity index is 1.54. The van der Waals surface area contributed by atoms with E-state index in [4.69, 9.17) is 4.74 Å². The molecule has 1 unspecified atom stereocenters. The zero-order chi connectivity index (χ0) is 18.8. The van der Waals surface area contributed by atoms with Crippen molar-refractivity contribution in [2.75, 3.05) is 25.6 Å². The first-order valence-corrected chi connectivity index (χ1v) is 12.3. The van der Waals surface area contributed by atoms with Crippen LogP contribution in [0.15, 0.2) is 6.33 Å². The molecule has 1 fully saturated rings. The van der Waals surface area contributed by atoms with E-state index >= 15 is 0 Å². The number of ether oxygens (including phenoxy) is 1. The molecule has 0 saturated heterocycles. The van der Waals surface area contributed by atoms with Gasteiger partial charge in [0.05, 0.1) is 5.39 Å². The Morgan fingerprint density at radius 1 is 1.19 bits per heavy atom. The topological polar surface area (TPSA) is 38.3 Å². The summed E-state index contributed by atoms with van der Waals surface area (Å²) in [6, 6.07) is 0.695. The molecule has 27 heavy (non-hydrogen) atoms. The molecule has 0 N–H and O–H groups in total. The predicted molar refractivity (Wildman–Crippen MR) is 116 cm³/mol. The number of rotatable bonds is 7. The number of aromatic nitrogens is 2. The molecule has 0 amide bonds. The molecule has 0 aliphatic heterocycles. The minimum absolute atomic E-state index is 0.297. The summed E-state index contributed by atoms with van der Waals surface area (Å²) in [5.74, 6) is 3.96. The third-order valence-electron chi connectivity index (χ3n) is 6.16. The summed E-state index contributed by atoms with van der Waals surface area (Å²) in [6.07, 6.45) is 10.4. The average Bonchev–Trinajstić information content (AvgIpc) is 3.22. The number of aryl methyl sites for hydroxylation is 1. The summed E-state index contributed by atoms with van der Waals surface area (Å²) in [7, 11) is 4.37. The monoisotopic (exact) mass is 405 g/mol. The van der Waals surface area contributed by atoms with E-state index in [9.17, 15) is 0 Å². The lowest BCUT2D eigenvalue weighted by Gasteiger charge is -2.32. The highest BCUT2D eigenvalue weighted by Gasteiger charge is 2.31. The van der Waals surface area contributed by atoms with E-state index in [0.717, 1.165) is 23.6 Å². The molecule has 4 nitrogen and oxygen atoms in total. The molecule has 2 aromatic heterocycles. The summed E-state index contributed by atoms with van der Waals surface area (Å²) < 4.78 is 6.49.